The molecule has 1 aromatic rings. The molecule has 0 amide bonds. The number of hydrogen-bond acceptors (Lipinski definition) is 2. The fourth-order valence-corrected chi connectivity index (χ4v) is 10.9. The summed E-state index contributed by atoms with van der Waals surface area (Å²) in [5.74, 6) is 1.39. The van der Waals surface area contributed by atoms with Crippen molar-refractivity contribution in [1.82, 2.24) is 0 Å². The van der Waals surface area contributed by atoms with E-state index in [9.17, 15) is 14.3 Å². The summed E-state index contributed by atoms with van der Waals surface area (Å²) < 4.78 is 14.5. The molecule has 2 fully saturated rings. The van der Waals surface area contributed by atoms with Gasteiger partial charge in [-0.2, -0.15) is 0 Å². The van der Waals surface area contributed by atoms with Crippen LogP contribution >= 0.6 is 0 Å². The first-order chi connectivity index (χ1) is 18.7. The van der Waals surface area contributed by atoms with Crippen LogP contribution in [0.3, 0.4) is 0 Å². The van der Waals surface area contributed by atoms with Crippen LogP contribution in [0.4, 0.5) is 4.39 Å². The second-order valence-corrected chi connectivity index (χ2v) is 16.0. The van der Waals surface area contributed by atoms with Gasteiger partial charge in [-0.25, -0.2) is 4.39 Å². The molecule has 2 nitrogen and oxygen atoms in total. The lowest BCUT2D eigenvalue weighted by molar-refractivity contribution is -0.0962. The van der Waals surface area contributed by atoms with Crippen molar-refractivity contribution < 1.29 is 14.3 Å². The maximum atomic E-state index is 14.5. The second kappa shape index (κ2) is 10.4. The zero-order valence-electron chi connectivity index (χ0n) is 26.6. The van der Waals surface area contributed by atoms with E-state index in [1.807, 2.05) is 0 Å². The van der Waals surface area contributed by atoms with E-state index in [4.69, 9.17) is 0 Å². The third-order valence-electron chi connectivity index (χ3n) is 13.7. The lowest BCUT2D eigenvalue weighted by Gasteiger charge is -2.62. The summed E-state index contributed by atoms with van der Waals surface area (Å²) in [6, 6.07) is 6.49. The molecule has 1 unspecified atom stereocenters. The quantitative estimate of drug-likeness (QED) is 0.271. The highest BCUT2D eigenvalue weighted by atomic mass is 19.1. The number of rotatable bonds is 7. The van der Waals surface area contributed by atoms with Gasteiger partial charge in [0.15, 0.2) is 5.78 Å². The number of carbonyl (C=O) groups excluding carboxylic acids is 1. The number of hydrogen-bond donors (Lipinski definition) is 1. The van der Waals surface area contributed by atoms with Crippen LogP contribution in [-0.4, -0.2) is 17.0 Å². The van der Waals surface area contributed by atoms with Crippen molar-refractivity contribution in [3.63, 3.8) is 0 Å². The Balaban J connectivity index is 1.36. The second-order valence-electron chi connectivity index (χ2n) is 16.0. The molecule has 1 N–H and O–H groups in total. The Bertz CT molecular complexity index is 1160. The van der Waals surface area contributed by atoms with Gasteiger partial charge < -0.3 is 5.11 Å². The van der Waals surface area contributed by atoms with E-state index in [1.54, 1.807) is 29.3 Å². The van der Waals surface area contributed by atoms with Crippen LogP contribution in [0.2, 0.25) is 0 Å². The standard InChI is InChI=1S/C37H55FO2/c1-23(2)25(33(40)26-11-9-10-12-30(26)38)14-13-24(3)27-17-21-37(8)29-15-16-31-34(4,5)32(39)19-20-35(31,6)28(29)18-22-36(27,37)7/h9-12,23-25,27,31-32,39H,13-22H2,1-8H3/t24-,25?,27-,31+,32+,35-,36-,37+/m1/s1. The minimum Gasteiger partial charge on any atom is -0.393 e. The summed E-state index contributed by atoms with van der Waals surface area (Å²) in [6.07, 6.45) is 11.1. The number of aliphatic hydroxyl groups is 1. The topological polar surface area (TPSA) is 37.3 Å². The van der Waals surface area contributed by atoms with E-state index in [0.29, 0.717) is 17.8 Å². The van der Waals surface area contributed by atoms with Crippen LogP contribution in [0.1, 0.15) is 130 Å². The van der Waals surface area contributed by atoms with Crippen molar-refractivity contribution in [2.45, 2.75) is 126 Å². The van der Waals surface area contributed by atoms with Crippen molar-refractivity contribution in [2.24, 2.45) is 51.2 Å². The average Bonchev–Trinajstić information content (AvgIpc) is 3.18. The van der Waals surface area contributed by atoms with Crippen LogP contribution in [0.5, 0.6) is 0 Å². The molecule has 1 aromatic carbocycles. The summed E-state index contributed by atoms with van der Waals surface area (Å²) in [6.45, 7) is 19.0. The Hall–Kier alpha value is -1.48. The molecule has 222 valence electrons. The predicted octanol–water partition coefficient (Wildman–Crippen LogP) is 9.81. The molecule has 0 radical (unpaired) electrons. The first-order valence-electron chi connectivity index (χ1n) is 16.4. The van der Waals surface area contributed by atoms with Gasteiger partial charge in [0, 0.05) is 5.92 Å². The Labute approximate surface area is 243 Å². The van der Waals surface area contributed by atoms with Gasteiger partial charge >= 0.3 is 0 Å². The lowest BCUT2D eigenvalue weighted by Crippen LogP contribution is -2.55. The highest BCUT2D eigenvalue weighted by Crippen LogP contribution is 2.72. The lowest BCUT2D eigenvalue weighted by atomic mass is 9.43. The van der Waals surface area contributed by atoms with Crippen molar-refractivity contribution in [1.29, 1.82) is 0 Å². The number of ketones is 1. The maximum Gasteiger partial charge on any atom is 0.169 e. The van der Waals surface area contributed by atoms with E-state index in [0.717, 1.165) is 25.7 Å². The molecule has 0 bridgehead atoms. The van der Waals surface area contributed by atoms with Crippen LogP contribution in [-0.2, 0) is 0 Å². The molecule has 0 heterocycles. The molecule has 2 saturated carbocycles. The first kappa shape index (κ1) is 30.0. The van der Waals surface area contributed by atoms with Crippen molar-refractivity contribution >= 4 is 5.78 Å². The summed E-state index contributed by atoms with van der Waals surface area (Å²) in [7, 11) is 0. The van der Waals surface area contributed by atoms with Gasteiger partial charge in [-0.05, 0) is 122 Å². The summed E-state index contributed by atoms with van der Waals surface area (Å²) in [5, 5.41) is 10.9. The van der Waals surface area contributed by atoms with Gasteiger partial charge in [-0.3, -0.25) is 4.79 Å². The van der Waals surface area contributed by atoms with Crippen molar-refractivity contribution in [2.75, 3.05) is 0 Å². The minimum absolute atomic E-state index is 0.0209. The van der Waals surface area contributed by atoms with Crippen molar-refractivity contribution in [3.05, 3.63) is 46.8 Å². The smallest absolute Gasteiger partial charge is 0.169 e. The molecule has 5 rings (SSSR count). The number of allylic oxidation sites excluding steroid dienone is 2. The van der Waals surface area contributed by atoms with Crippen LogP contribution in [0, 0.1) is 57.1 Å². The third kappa shape index (κ3) is 4.38. The maximum absolute atomic E-state index is 14.5. The average molecular weight is 551 g/mol. The summed E-state index contributed by atoms with van der Waals surface area (Å²) in [5.41, 5.74) is 4.54. The molecular weight excluding hydrogens is 495 g/mol. The molecule has 4 aliphatic carbocycles. The Morgan fingerprint density at radius 1 is 0.925 bits per heavy atom. The molecule has 4 aliphatic rings. The van der Waals surface area contributed by atoms with E-state index in [2.05, 4.69) is 55.4 Å². The molecule has 0 aromatic heterocycles. The Morgan fingerprint density at radius 2 is 1.62 bits per heavy atom. The number of benzene rings is 1. The zero-order chi connectivity index (χ0) is 29.3. The van der Waals surface area contributed by atoms with Gasteiger partial charge in [-0.15, -0.1) is 0 Å². The highest BCUT2D eigenvalue weighted by molar-refractivity contribution is 5.98. The van der Waals surface area contributed by atoms with E-state index >= 15 is 0 Å². The van der Waals surface area contributed by atoms with Gasteiger partial charge in [0.05, 0.1) is 11.7 Å². The van der Waals surface area contributed by atoms with Crippen molar-refractivity contribution in [3.8, 4) is 0 Å². The van der Waals surface area contributed by atoms with Crippen LogP contribution in [0.15, 0.2) is 35.4 Å². The molecule has 0 aliphatic heterocycles. The normalized spacial score (nSPS) is 38.4. The largest absolute Gasteiger partial charge is 0.393 e. The molecular formula is C37H55FO2. The summed E-state index contributed by atoms with van der Waals surface area (Å²) in [4.78, 5) is 13.4. The number of fused-ring (bicyclic) bond motifs is 4. The van der Waals surface area contributed by atoms with Crippen LogP contribution < -0.4 is 0 Å². The molecule has 0 saturated heterocycles. The Kier molecular flexibility index (Phi) is 7.76. The Morgan fingerprint density at radius 3 is 2.30 bits per heavy atom. The monoisotopic (exact) mass is 550 g/mol. The van der Waals surface area contributed by atoms with E-state index < -0.39 is 5.82 Å². The SMILES string of the molecule is CC(C)C(CC[C@@H](C)[C@H]1CC[C@@]2(C)C3=C(CC[C@]12C)[C@@]1(C)CC[C@H](O)C(C)(C)[C@@H]1CC3)C(=O)c1ccccc1F. The molecule has 40 heavy (non-hydrogen) atoms. The summed E-state index contributed by atoms with van der Waals surface area (Å²) >= 11 is 0. The predicted molar refractivity (Wildman–Crippen MR) is 163 cm³/mol. The van der Waals surface area contributed by atoms with E-state index in [-0.39, 0.29) is 50.9 Å². The number of halogens is 1. The first-order valence-corrected chi connectivity index (χ1v) is 16.4. The number of Topliss-reactive ketones (excluding diaryl/α,β-unsaturated/α-hetero) is 1. The van der Waals surface area contributed by atoms with Gasteiger partial charge in [0.1, 0.15) is 5.82 Å². The number of carbonyl (C=O) groups is 1. The van der Waals surface area contributed by atoms with Gasteiger partial charge in [0.2, 0.25) is 0 Å². The number of aliphatic hydroxyl groups excluding tert-OH is 1. The minimum atomic E-state index is -0.393. The fraction of sp³-hybridized carbons (Fsp3) is 0.757. The van der Waals surface area contributed by atoms with Gasteiger partial charge in [-0.1, -0.05) is 78.7 Å². The highest BCUT2D eigenvalue weighted by Gasteiger charge is 2.63. The van der Waals surface area contributed by atoms with Gasteiger partial charge in [0.25, 0.3) is 0 Å². The molecule has 3 heteroatoms. The fourth-order valence-electron chi connectivity index (χ4n) is 10.9. The molecule has 8 atom stereocenters. The van der Waals surface area contributed by atoms with E-state index in [1.165, 1.54) is 44.6 Å². The zero-order valence-corrected chi connectivity index (χ0v) is 26.6. The molecule has 0 spiro atoms. The van der Waals surface area contributed by atoms with Crippen LogP contribution in [0.25, 0.3) is 0 Å². The third-order valence-corrected chi connectivity index (χ3v) is 13.7.